The first-order valence-electron chi connectivity index (χ1n) is 8.79. The number of hydrogen-bond acceptors (Lipinski definition) is 2. The van der Waals surface area contributed by atoms with Gasteiger partial charge in [0.25, 0.3) is 0 Å². The molecule has 0 aromatic rings. The Morgan fingerprint density at radius 3 is 1.83 bits per heavy atom. The minimum Gasteiger partial charge on any atom is -0.481 e. The van der Waals surface area contributed by atoms with Gasteiger partial charge in [-0.25, -0.2) is 0 Å². The van der Waals surface area contributed by atoms with Crippen LogP contribution in [0.15, 0.2) is 0 Å². The zero-order valence-corrected chi connectivity index (χ0v) is 18.6. The Hall–Kier alpha value is -0.437. The van der Waals surface area contributed by atoms with Crippen molar-refractivity contribution in [3.05, 3.63) is 0 Å². The Morgan fingerprint density at radius 2 is 1.43 bits per heavy atom. The first kappa shape index (κ1) is 27.4. The third-order valence-corrected chi connectivity index (χ3v) is 3.67. The van der Waals surface area contributed by atoms with Gasteiger partial charge in [0.15, 0.2) is 0 Å². The van der Waals surface area contributed by atoms with Gasteiger partial charge in [0.05, 0.1) is 5.92 Å². The van der Waals surface area contributed by atoms with Gasteiger partial charge in [0.1, 0.15) is 0 Å². The standard InChI is InChI=1S/C10H20O2.C8H16O2.Zn/c1-9(2)7-5-3-4-6-8-10(11)12;1-3-5-6-7(4-2)8(9)10;/h9H,3-8H2,1-2H3,(H,11,12);7H,3-6H2,1-2H3,(H,9,10);. The molecule has 1 unspecified atom stereocenters. The summed E-state index contributed by atoms with van der Waals surface area (Å²) in [6.07, 6.45) is 9.66. The second-order valence-electron chi connectivity index (χ2n) is 6.33. The van der Waals surface area contributed by atoms with Crippen molar-refractivity contribution in [3.63, 3.8) is 0 Å². The molecule has 134 valence electrons. The van der Waals surface area contributed by atoms with Crippen molar-refractivity contribution < 1.29 is 39.3 Å². The van der Waals surface area contributed by atoms with Gasteiger partial charge in [0.2, 0.25) is 0 Å². The van der Waals surface area contributed by atoms with E-state index in [2.05, 4.69) is 20.8 Å². The van der Waals surface area contributed by atoms with Crippen molar-refractivity contribution >= 4 is 11.9 Å². The van der Waals surface area contributed by atoms with Gasteiger partial charge in [-0.3, -0.25) is 9.59 Å². The number of aliphatic carboxylic acids is 2. The molecule has 5 heteroatoms. The van der Waals surface area contributed by atoms with Crippen LogP contribution in [0.3, 0.4) is 0 Å². The molecule has 0 aromatic carbocycles. The molecule has 0 aliphatic carbocycles. The summed E-state index contributed by atoms with van der Waals surface area (Å²) in [7, 11) is 0. The molecule has 0 bridgehead atoms. The van der Waals surface area contributed by atoms with Crippen molar-refractivity contribution in [2.45, 2.75) is 91.9 Å². The quantitative estimate of drug-likeness (QED) is 0.353. The van der Waals surface area contributed by atoms with E-state index in [4.69, 9.17) is 10.2 Å². The fourth-order valence-corrected chi connectivity index (χ4v) is 2.14. The van der Waals surface area contributed by atoms with Crippen LogP contribution in [0.1, 0.15) is 91.9 Å². The molecule has 0 aromatic heterocycles. The van der Waals surface area contributed by atoms with Crippen molar-refractivity contribution in [3.8, 4) is 0 Å². The van der Waals surface area contributed by atoms with Gasteiger partial charge in [-0.15, -0.1) is 0 Å². The van der Waals surface area contributed by atoms with Crippen molar-refractivity contribution in [2.75, 3.05) is 0 Å². The zero-order chi connectivity index (χ0) is 17.4. The zero-order valence-electron chi connectivity index (χ0n) is 15.6. The number of carboxylic acid groups (broad SMARTS) is 2. The number of carbonyl (C=O) groups is 2. The molecule has 0 aliphatic heterocycles. The van der Waals surface area contributed by atoms with Gasteiger partial charge < -0.3 is 10.2 Å². The van der Waals surface area contributed by atoms with E-state index < -0.39 is 11.9 Å². The first-order chi connectivity index (χ1) is 10.3. The average Bonchev–Trinajstić information content (AvgIpc) is 2.43. The van der Waals surface area contributed by atoms with Gasteiger partial charge in [0, 0.05) is 25.9 Å². The average molecular weight is 382 g/mol. The minimum absolute atomic E-state index is 0. The molecular formula is C18H36O4Zn. The smallest absolute Gasteiger partial charge is 0.306 e. The Bertz CT molecular complexity index is 280. The second kappa shape index (κ2) is 19.6. The van der Waals surface area contributed by atoms with Crippen LogP contribution in [-0.4, -0.2) is 22.2 Å². The molecule has 0 saturated carbocycles. The summed E-state index contributed by atoms with van der Waals surface area (Å²) in [5, 5.41) is 17.0. The van der Waals surface area contributed by atoms with Crippen molar-refractivity contribution in [1.29, 1.82) is 0 Å². The third kappa shape index (κ3) is 23.9. The molecule has 4 nitrogen and oxygen atoms in total. The number of rotatable bonds is 12. The van der Waals surface area contributed by atoms with E-state index in [1.54, 1.807) is 0 Å². The van der Waals surface area contributed by atoms with Crippen LogP contribution in [-0.2, 0) is 29.1 Å². The molecule has 0 amide bonds. The van der Waals surface area contributed by atoms with Crippen molar-refractivity contribution in [1.82, 2.24) is 0 Å². The van der Waals surface area contributed by atoms with Gasteiger partial charge >= 0.3 is 11.9 Å². The normalized spacial score (nSPS) is 11.2. The van der Waals surface area contributed by atoms with E-state index >= 15 is 0 Å². The van der Waals surface area contributed by atoms with Crippen LogP contribution >= 0.6 is 0 Å². The number of hydrogen-bond donors (Lipinski definition) is 2. The molecule has 1 atom stereocenters. The number of carboxylic acids is 2. The molecule has 0 rings (SSSR count). The van der Waals surface area contributed by atoms with Crippen LogP contribution in [0.4, 0.5) is 0 Å². The molecule has 0 saturated heterocycles. The Morgan fingerprint density at radius 1 is 0.870 bits per heavy atom. The monoisotopic (exact) mass is 380 g/mol. The maximum Gasteiger partial charge on any atom is 0.306 e. The molecule has 23 heavy (non-hydrogen) atoms. The summed E-state index contributed by atoms with van der Waals surface area (Å²) in [5.74, 6) is -0.640. The van der Waals surface area contributed by atoms with Gasteiger partial charge in [-0.1, -0.05) is 66.2 Å². The van der Waals surface area contributed by atoms with Crippen molar-refractivity contribution in [2.24, 2.45) is 11.8 Å². The van der Waals surface area contributed by atoms with Crippen LogP contribution in [0.5, 0.6) is 0 Å². The summed E-state index contributed by atoms with van der Waals surface area (Å²) in [6.45, 7) is 8.44. The predicted molar refractivity (Wildman–Crippen MR) is 91.1 cm³/mol. The minimum atomic E-state index is -0.668. The largest absolute Gasteiger partial charge is 0.481 e. The van der Waals surface area contributed by atoms with Crippen LogP contribution < -0.4 is 0 Å². The molecule has 0 heterocycles. The summed E-state index contributed by atoms with van der Waals surface area (Å²) in [6, 6.07) is 0. The molecular weight excluding hydrogens is 346 g/mol. The third-order valence-electron chi connectivity index (χ3n) is 3.67. The fraction of sp³-hybridized carbons (Fsp3) is 0.889. The van der Waals surface area contributed by atoms with Crippen LogP contribution in [0, 0.1) is 11.8 Å². The fourth-order valence-electron chi connectivity index (χ4n) is 2.14. The second-order valence-corrected chi connectivity index (χ2v) is 6.33. The van der Waals surface area contributed by atoms with Gasteiger partial charge in [-0.2, -0.15) is 0 Å². The molecule has 2 N–H and O–H groups in total. The SMILES string of the molecule is CC(C)CCCCCCC(=O)O.CCCCC(CC)C(=O)O.[Zn]. The summed E-state index contributed by atoms with van der Waals surface area (Å²) < 4.78 is 0. The molecule has 0 radical (unpaired) electrons. The Labute approximate surface area is 155 Å². The predicted octanol–water partition coefficient (Wildman–Crippen LogP) is 5.35. The van der Waals surface area contributed by atoms with Crippen LogP contribution in [0.25, 0.3) is 0 Å². The number of unbranched alkanes of at least 4 members (excludes halogenated alkanes) is 4. The Balaban J connectivity index is -0.000000338. The molecule has 0 fully saturated rings. The molecule has 0 spiro atoms. The summed E-state index contributed by atoms with van der Waals surface area (Å²) in [5.41, 5.74) is 0. The summed E-state index contributed by atoms with van der Waals surface area (Å²) in [4.78, 5) is 20.6. The Kier molecular flexibility index (Phi) is 23.4. The topological polar surface area (TPSA) is 74.6 Å². The maximum atomic E-state index is 10.4. The molecule has 0 aliphatic rings. The van der Waals surface area contributed by atoms with E-state index in [1.807, 2.05) is 6.92 Å². The van der Waals surface area contributed by atoms with E-state index in [-0.39, 0.29) is 25.4 Å². The van der Waals surface area contributed by atoms with Crippen LogP contribution in [0.2, 0.25) is 0 Å². The van der Waals surface area contributed by atoms with E-state index in [0.717, 1.165) is 44.4 Å². The van der Waals surface area contributed by atoms with E-state index in [1.165, 1.54) is 19.3 Å². The van der Waals surface area contributed by atoms with E-state index in [0.29, 0.717) is 6.42 Å². The van der Waals surface area contributed by atoms with Gasteiger partial charge in [-0.05, 0) is 25.2 Å². The summed E-state index contributed by atoms with van der Waals surface area (Å²) >= 11 is 0. The maximum absolute atomic E-state index is 10.4. The first-order valence-corrected chi connectivity index (χ1v) is 8.79. The van der Waals surface area contributed by atoms with E-state index in [9.17, 15) is 9.59 Å².